The molecule has 0 aliphatic rings. The SMILES string of the molecule is Cc1cc(C)cc(NC(N)=NCCNS(=O)(=O)c2ccc(Cl)s2)c1.I. The molecule has 0 aliphatic heterocycles. The van der Waals surface area contributed by atoms with Crippen LogP contribution < -0.4 is 15.8 Å². The fourth-order valence-electron chi connectivity index (χ4n) is 2.10. The molecule has 2 aromatic rings. The predicted molar refractivity (Wildman–Crippen MR) is 116 cm³/mol. The highest BCUT2D eigenvalue weighted by Crippen LogP contribution is 2.25. The third-order valence-corrected chi connectivity index (χ3v) is 6.18. The van der Waals surface area contributed by atoms with Crippen LogP contribution in [-0.2, 0) is 10.0 Å². The molecule has 1 aromatic heterocycles. The first-order valence-corrected chi connectivity index (χ1v) is 9.84. The first-order chi connectivity index (χ1) is 11.3. The molecule has 138 valence electrons. The highest BCUT2D eigenvalue weighted by Gasteiger charge is 2.15. The molecule has 0 fully saturated rings. The van der Waals surface area contributed by atoms with Gasteiger partial charge >= 0.3 is 0 Å². The molecule has 1 heterocycles. The van der Waals surface area contributed by atoms with Crippen molar-refractivity contribution in [1.29, 1.82) is 0 Å². The number of nitrogens with two attached hydrogens (primary N) is 1. The second-order valence-corrected chi connectivity index (χ2v) is 8.93. The second-order valence-electron chi connectivity index (χ2n) is 5.22. The summed E-state index contributed by atoms with van der Waals surface area (Å²) in [6.07, 6.45) is 0. The van der Waals surface area contributed by atoms with E-state index in [1.807, 2.05) is 26.0 Å². The maximum absolute atomic E-state index is 12.0. The fourth-order valence-corrected chi connectivity index (χ4v) is 4.65. The Labute approximate surface area is 173 Å². The van der Waals surface area contributed by atoms with Gasteiger partial charge in [0.25, 0.3) is 0 Å². The number of hydrogen-bond donors (Lipinski definition) is 3. The van der Waals surface area contributed by atoms with Crippen molar-refractivity contribution in [2.24, 2.45) is 10.7 Å². The van der Waals surface area contributed by atoms with Crippen molar-refractivity contribution >= 4 is 68.6 Å². The Kier molecular flexibility index (Phi) is 8.61. The van der Waals surface area contributed by atoms with E-state index >= 15 is 0 Å². The van der Waals surface area contributed by atoms with Gasteiger partial charge in [0.2, 0.25) is 10.0 Å². The van der Waals surface area contributed by atoms with Crippen LogP contribution in [0.25, 0.3) is 0 Å². The molecular formula is C15H20ClIN4O2S2. The van der Waals surface area contributed by atoms with E-state index in [9.17, 15) is 8.42 Å². The van der Waals surface area contributed by atoms with Gasteiger partial charge in [0, 0.05) is 12.2 Å². The zero-order valence-corrected chi connectivity index (χ0v) is 18.5. The Morgan fingerprint density at radius 3 is 2.44 bits per heavy atom. The van der Waals surface area contributed by atoms with Crippen LogP contribution in [0.5, 0.6) is 0 Å². The Morgan fingerprint density at radius 2 is 1.88 bits per heavy atom. The van der Waals surface area contributed by atoms with Gasteiger partial charge in [-0.25, -0.2) is 13.1 Å². The molecule has 0 saturated carbocycles. The Balaban J connectivity index is 0.00000312. The van der Waals surface area contributed by atoms with Gasteiger partial charge in [-0.05, 0) is 49.2 Å². The second kappa shape index (κ2) is 9.72. The molecule has 1 aromatic carbocycles. The zero-order valence-electron chi connectivity index (χ0n) is 13.7. The van der Waals surface area contributed by atoms with Gasteiger partial charge in [0.15, 0.2) is 5.96 Å². The molecule has 0 bridgehead atoms. The Morgan fingerprint density at radius 1 is 1.24 bits per heavy atom. The number of nitrogens with zero attached hydrogens (tertiary/aromatic N) is 1. The van der Waals surface area contributed by atoms with Crippen molar-refractivity contribution in [3.8, 4) is 0 Å². The van der Waals surface area contributed by atoms with E-state index in [4.69, 9.17) is 17.3 Å². The van der Waals surface area contributed by atoms with E-state index in [-0.39, 0.29) is 47.2 Å². The lowest BCUT2D eigenvalue weighted by Gasteiger charge is -2.08. The lowest BCUT2D eigenvalue weighted by molar-refractivity contribution is 0.584. The normalized spacial score (nSPS) is 11.9. The number of aliphatic imine (C=N–C) groups is 1. The molecule has 2 rings (SSSR count). The summed E-state index contributed by atoms with van der Waals surface area (Å²) in [5, 5.41) is 2.99. The maximum atomic E-state index is 12.0. The smallest absolute Gasteiger partial charge is 0.250 e. The molecule has 0 spiro atoms. The fraction of sp³-hybridized carbons (Fsp3) is 0.267. The minimum Gasteiger partial charge on any atom is -0.370 e. The van der Waals surface area contributed by atoms with Crippen molar-refractivity contribution in [1.82, 2.24) is 4.72 Å². The summed E-state index contributed by atoms with van der Waals surface area (Å²) in [5.41, 5.74) is 8.90. The summed E-state index contributed by atoms with van der Waals surface area (Å²) >= 11 is 6.75. The molecule has 25 heavy (non-hydrogen) atoms. The number of benzene rings is 1. The van der Waals surface area contributed by atoms with Crippen LogP contribution in [-0.4, -0.2) is 27.5 Å². The van der Waals surface area contributed by atoms with Crippen LogP contribution in [0.15, 0.2) is 39.5 Å². The molecule has 0 amide bonds. The van der Waals surface area contributed by atoms with Crippen LogP contribution in [0.2, 0.25) is 4.34 Å². The van der Waals surface area contributed by atoms with E-state index in [2.05, 4.69) is 21.1 Å². The third kappa shape index (κ3) is 7.10. The van der Waals surface area contributed by atoms with E-state index in [1.54, 1.807) is 6.07 Å². The molecule has 0 atom stereocenters. The summed E-state index contributed by atoms with van der Waals surface area (Å²) in [4.78, 5) is 4.11. The van der Waals surface area contributed by atoms with Gasteiger partial charge in [0.05, 0.1) is 10.9 Å². The number of anilines is 1. The van der Waals surface area contributed by atoms with E-state index in [1.165, 1.54) is 6.07 Å². The van der Waals surface area contributed by atoms with Gasteiger partial charge in [0.1, 0.15) is 4.21 Å². The van der Waals surface area contributed by atoms with E-state index in [0.717, 1.165) is 28.2 Å². The lowest BCUT2D eigenvalue weighted by Crippen LogP contribution is -2.28. The van der Waals surface area contributed by atoms with Crippen LogP contribution >= 0.6 is 46.9 Å². The van der Waals surface area contributed by atoms with Crippen LogP contribution in [0, 0.1) is 13.8 Å². The Bertz CT molecular complexity index is 833. The summed E-state index contributed by atoms with van der Waals surface area (Å²) in [7, 11) is -3.55. The van der Waals surface area contributed by atoms with Crippen LogP contribution in [0.3, 0.4) is 0 Å². The molecule has 0 saturated heterocycles. The highest BCUT2D eigenvalue weighted by molar-refractivity contribution is 14.0. The molecule has 6 nitrogen and oxygen atoms in total. The summed E-state index contributed by atoms with van der Waals surface area (Å²) in [6.45, 7) is 4.36. The predicted octanol–water partition coefficient (Wildman–Crippen LogP) is 3.34. The van der Waals surface area contributed by atoms with Crippen molar-refractivity contribution < 1.29 is 8.42 Å². The number of hydrogen-bond acceptors (Lipinski definition) is 4. The molecule has 10 heteroatoms. The van der Waals surface area contributed by atoms with Crippen LogP contribution in [0.1, 0.15) is 11.1 Å². The monoisotopic (exact) mass is 514 g/mol. The molecule has 0 unspecified atom stereocenters. The Hall–Kier alpha value is -0.880. The quantitative estimate of drug-likeness (QED) is 0.238. The van der Waals surface area contributed by atoms with Crippen molar-refractivity contribution in [2.75, 3.05) is 18.4 Å². The molecule has 0 aliphatic carbocycles. The van der Waals surface area contributed by atoms with Gasteiger partial charge in [-0.1, -0.05) is 17.7 Å². The van der Waals surface area contributed by atoms with Gasteiger partial charge in [-0.2, -0.15) is 0 Å². The molecule has 0 radical (unpaired) electrons. The lowest BCUT2D eigenvalue weighted by atomic mass is 10.1. The number of guanidine groups is 1. The van der Waals surface area contributed by atoms with Crippen molar-refractivity contribution in [2.45, 2.75) is 18.1 Å². The van der Waals surface area contributed by atoms with Gasteiger partial charge < -0.3 is 11.1 Å². The minimum atomic E-state index is -3.55. The van der Waals surface area contributed by atoms with Crippen LogP contribution in [0.4, 0.5) is 5.69 Å². The van der Waals surface area contributed by atoms with Crippen molar-refractivity contribution in [3.63, 3.8) is 0 Å². The van der Waals surface area contributed by atoms with E-state index < -0.39 is 10.0 Å². The summed E-state index contributed by atoms with van der Waals surface area (Å²) in [5.74, 6) is 0.235. The highest BCUT2D eigenvalue weighted by atomic mass is 127. The molecule has 4 N–H and O–H groups in total. The first-order valence-electron chi connectivity index (χ1n) is 7.16. The largest absolute Gasteiger partial charge is 0.370 e. The number of nitrogens with one attached hydrogen (secondary N) is 2. The average molecular weight is 515 g/mol. The topological polar surface area (TPSA) is 96.6 Å². The number of sulfonamides is 1. The summed E-state index contributed by atoms with van der Waals surface area (Å²) in [6, 6.07) is 8.99. The third-order valence-electron chi connectivity index (χ3n) is 2.99. The number of aryl methyl sites for hydroxylation is 2. The van der Waals surface area contributed by atoms with E-state index in [0.29, 0.717) is 4.34 Å². The first kappa shape index (κ1) is 22.2. The average Bonchev–Trinajstić information content (AvgIpc) is 2.90. The van der Waals surface area contributed by atoms with Crippen molar-refractivity contribution in [3.05, 3.63) is 45.8 Å². The number of thiophene rings is 1. The number of halogens is 2. The maximum Gasteiger partial charge on any atom is 0.250 e. The standard InChI is InChI=1S/C15H19ClN4O2S2.HI/c1-10-7-11(2)9-12(8-10)20-15(17)18-5-6-19-24(21,22)14-4-3-13(16)23-14;/h3-4,7-9,19H,5-6H2,1-2H3,(H3,17,18,20);1H. The minimum absolute atomic E-state index is 0. The van der Waals surface area contributed by atoms with Gasteiger partial charge in [-0.15, -0.1) is 35.3 Å². The summed E-state index contributed by atoms with van der Waals surface area (Å²) < 4.78 is 27.1. The zero-order chi connectivity index (χ0) is 17.7. The number of rotatable bonds is 6. The molecular weight excluding hydrogens is 495 g/mol. The van der Waals surface area contributed by atoms with Gasteiger partial charge in [-0.3, -0.25) is 4.99 Å².